The Morgan fingerprint density at radius 1 is 1.38 bits per heavy atom. The van der Waals surface area contributed by atoms with Gasteiger partial charge in [-0.25, -0.2) is 9.18 Å². The molecule has 0 aliphatic carbocycles. The predicted octanol–water partition coefficient (Wildman–Crippen LogP) is 4.14. The zero-order valence-electron chi connectivity index (χ0n) is 14.4. The molecule has 24 heavy (non-hydrogen) atoms. The zero-order valence-corrected chi connectivity index (χ0v) is 15.1. The quantitative estimate of drug-likeness (QED) is 0.826. The van der Waals surface area contributed by atoms with Gasteiger partial charge >= 0.3 is 6.09 Å². The molecule has 1 aromatic rings. The van der Waals surface area contributed by atoms with Crippen molar-refractivity contribution < 1.29 is 13.9 Å². The minimum absolute atomic E-state index is 0.288. The van der Waals surface area contributed by atoms with E-state index in [1.54, 1.807) is 17.0 Å². The number of amides is 1. The van der Waals surface area contributed by atoms with Crippen molar-refractivity contribution in [2.45, 2.75) is 39.3 Å². The number of benzene rings is 1. The average Bonchev–Trinajstić information content (AvgIpc) is 2.49. The van der Waals surface area contributed by atoms with Crippen molar-refractivity contribution in [1.29, 1.82) is 0 Å². The van der Waals surface area contributed by atoms with E-state index in [1.807, 2.05) is 26.8 Å². The third kappa shape index (κ3) is 5.49. The summed E-state index contributed by atoms with van der Waals surface area (Å²) in [6, 6.07) is 4.68. The van der Waals surface area contributed by atoms with Crippen LogP contribution < -0.4 is 5.32 Å². The number of halogens is 2. The lowest BCUT2D eigenvalue weighted by Crippen LogP contribution is -2.39. The molecule has 0 saturated carbocycles. The average molecular weight is 355 g/mol. The fourth-order valence-corrected chi connectivity index (χ4v) is 2.64. The lowest BCUT2D eigenvalue weighted by atomic mass is 10.1. The molecule has 1 aliphatic heterocycles. The highest BCUT2D eigenvalue weighted by Gasteiger charge is 2.23. The van der Waals surface area contributed by atoms with Crippen molar-refractivity contribution in [3.63, 3.8) is 0 Å². The Bertz CT molecular complexity index is 606. The standard InChI is InChI=1S/C18H24ClFN2O2/c1-18(2,3)24-17(23)22-9-7-13(8-10-22)11-21-12-14-15(19)5-4-6-16(14)20/h4-7,21H,8-12H2,1-3H3. The fourth-order valence-electron chi connectivity index (χ4n) is 2.41. The van der Waals surface area contributed by atoms with Crippen molar-refractivity contribution in [3.05, 3.63) is 46.3 Å². The summed E-state index contributed by atoms with van der Waals surface area (Å²) in [5.41, 5.74) is 1.19. The molecule has 0 unspecified atom stereocenters. The molecule has 0 saturated heterocycles. The van der Waals surface area contributed by atoms with Gasteiger partial charge in [-0.15, -0.1) is 0 Å². The van der Waals surface area contributed by atoms with Crippen molar-refractivity contribution in [2.24, 2.45) is 0 Å². The molecule has 1 heterocycles. The SMILES string of the molecule is CC(C)(C)OC(=O)N1CC=C(CNCc2c(F)cccc2Cl)CC1. The van der Waals surface area contributed by atoms with E-state index in [-0.39, 0.29) is 11.9 Å². The van der Waals surface area contributed by atoms with Crippen LogP contribution in [0.4, 0.5) is 9.18 Å². The van der Waals surface area contributed by atoms with Crippen LogP contribution in [-0.2, 0) is 11.3 Å². The Balaban J connectivity index is 1.80. The van der Waals surface area contributed by atoms with Crippen LogP contribution in [0.15, 0.2) is 29.8 Å². The van der Waals surface area contributed by atoms with E-state index >= 15 is 0 Å². The number of hydrogen-bond acceptors (Lipinski definition) is 3. The molecule has 0 bridgehead atoms. The van der Waals surface area contributed by atoms with Crippen LogP contribution in [0.25, 0.3) is 0 Å². The Kier molecular flexibility index (Phi) is 6.24. The second-order valence-corrected chi connectivity index (χ2v) is 7.25. The molecule has 1 aromatic carbocycles. The lowest BCUT2D eigenvalue weighted by Gasteiger charge is -2.29. The van der Waals surface area contributed by atoms with E-state index in [1.165, 1.54) is 11.6 Å². The molecule has 4 nitrogen and oxygen atoms in total. The maximum atomic E-state index is 13.7. The molecule has 0 fully saturated rings. The molecule has 2 rings (SSSR count). The van der Waals surface area contributed by atoms with Crippen molar-refractivity contribution in [2.75, 3.05) is 19.6 Å². The summed E-state index contributed by atoms with van der Waals surface area (Å²) >= 11 is 6.01. The van der Waals surface area contributed by atoms with Gasteiger partial charge in [0, 0.05) is 36.8 Å². The Hall–Kier alpha value is -1.59. The summed E-state index contributed by atoms with van der Waals surface area (Å²) in [4.78, 5) is 13.7. The summed E-state index contributed by atoms with van der Waals surface area (Å²) in [5.74, 6) is -0.302. The molecule has 0 spiro atoms. The minimum Gasteiger partial charge on any atom is -0.444 e. The number of nitrogens with one attached hydrogen (secondary N) is 1. The highest BCUT2D eigenvalue weighted by Crippen LogP contribution is 2.19. The molecule has 1 aliphatic rings. The van der Waals surface area contributed by atoms with E-state index in [0.717, 1.165) is 6.42 Å². The normalized spacial score (nSPS) is 15.2. The van der Waals surface area contributed by atoms with Crippen molar-refractivity contribution >= 4 is 17.7 Å². The van der Waals surface area contributed by atoms with Crippen LogP contribution in [0.5, 0.6) is 0 Å². The third-order valence-electron chi connectivity index (χ3n) is 3.67. The van der Waals surface area contributed by atoms with E-state index in [4.69, 9.17) is 16.3 Å². The molecular weight excluding hydrogens is 331 g/mol. The van der Waals surface area contributed by atoms with Gasteiger partial charge in [0.1, 0.15) is 11.4 Å². The lowest BCUT2D eigenvalue weighted by molar-refractivity contribution is 0.0265. The second-order valence-electron chi connectivity index (χ2n) is 6.84. The van der Waals surface area contributed by atoms with Crippen LogP contribution in [-0.4, -0.2) is 36.2 Å². The van der Waals surface area contributed by atoms with Gasteiger partial charge < -0.3 is 15.0 Å². The summed E-state index contributed by atoms with van der Waals surface area (Å²) in [5, 5.41) is 3.63. The van der Waals surface area contributed by atoms with Gasteiger partial charge in [-0.1, -0.05) is 29.3 Å². The van der Waals surface area contributed by atoms with Crippen molar-refractivity contribution in [3.8, 4) is 0 Å². The van der Waals surface area contributed by atoms with Crippen molar-refractivity contribution in [1.82, 2.24) is 10.2 Å². The number of carbonyl (C=O) groups is 1. The first kappa shape index (κ1) is 18.7. The molecule has 132 valence electrons. The van der Waals surface area contributed by atoms with Crippen LogP contribution in [0.1, 0.15) is 32.8 Å². The monoisotopic (exact) mass is 354 g/mol. The highest BCUT2D eigenvalue weighted by molar-refractivity contribution is 6.31. The highest BCUT2D eigenvalue weighted by atomic mass is 35.5. The number of ether oxygens (including phenoxy) is 1. The molecule has 1 amide bonds. The summed E-state index contributed by atoms with van der Waals surface area (Å²) in [6.45, 7) is 7.75. The molecule has 0 aromatic heterocycles. The molecule has 0 atom stereocenters. The topological polar surface area (TPSA) is 41.6 Å². The van der Waals surface area contributed by atoms with E-state index in [2.05, 4.69) is 5.32 Å². The number of hydrogen-bond donors (Lipinski definition) is 1. The first-order valence-electron chi connectivity index (χ1n) is 8.06. The summed E-state index contributed by atoms with van der Waals surface area (Å²) < 4.78 is 19.1. The predicted molar refractivity (Wildman–Crippen MR) is 93.6 cm³/mol. The molecule has 1 N–H and O–H groups in total. The maximum absolute atomic E-state index is 13.7. The molecule has 0 radical (unpaired) electrons. The van der Waals surface area contributed by atoms with Gasteiger partial charge in [0.25, 0.3) is 0 Å². The largest absolute Gasteiger partial charge is 0.444 e. The third-order valence-corrected chi connectivity index (χ3v) is 4.02. The molecular formula is C18H24ClFN2O2. The zero-order chi connectivity index (χ0) is 17.7. The van der Waals surface area contributed by atoms with Gasteiger partial charge in [-0.05, 0) is 39.3 Å². The Morgan fingerprint density at radius 2 is 2.12 bits per heavy atom. The molecule has 6 heteroatoms. The smallest absolute Gasteiger partial charge is 0.410 e. The van der Waals surface area contributed by atoms with E-state index in [9.17, 15) is 9.18 Å². The second kappa shape index (κ2) is 7.99. The summed E-state index contributed by atoms with van der Waals surface area (Å²) in [7, 11) is 0. The van der Waals surface area contributed by atoms with Gasteiger partial charge in [0.05, 0.1) is 0 Å². The fraction of sp³-hybridized carbons (Fsp3) is 0.500. The number of carbonyl (C=O) groups excluding carboxylic acids is 1. The van der Waals surface area contributed by atoms with Crippen LogP contribution in [0.3, 0.4) is 0 Å². The Labute approximate surface area is 147 Å². The van der Waals surface area contributed by atoms with Crippen LogP contribution >= 0.6 is 11.6 Å². The van der Waals surface area contributed by atoms with E-state index < -0.39 is 5.60 Å². The first-order valence-corrected chi connectivity index (χ1v) is 8.43. The maximum Gasteiger partial charge on any atom is 0.410 e. The Morgan fingerprint density at radius 3 is 2.71 bits per heavy atom. The number of rotatable bonds is 4. The summed E-state index contributed by atoms with van der Waals surface area (Å²) in [6.07, 6.45) is 2.50. The van der Waals surface area contributed by atoms with Gasteiger partial charge in [0.2, 0.25) is 0 Å². The number of nitrogens with zero attached hydrogens (tertiary/aromatic N) is 1. The van der Waals surface area contributed by atoms with E-state index in [0.29, 0.717) is 36.8 Å². The van der Waals surface area contributed by atoms with Gasteiger partial charge in [-0.2, -0.15) is 0 Å². The van der Waals surface area contributed by atoms with Crippen LogP contribution in [0.2, 0.25) is 5.02 Å². The van der Waals surface area contributed by atoms with Crippen LogP contribution in [0, 0.1) is 5.82 Å². The minimum atomic E-state index is -0.484. The first-order chi connectivity index (χ1) is 11.3. The van der Waals surface area contributed by atoms with Gasteiger partial charge in [-0.3, -0.25) is 0 Å². The van der Waals surface area contributed by atoms with Gasteiger partial charge in [0.15, 0.2) is 0 Å².